The number of hydrogen-bond acceptors (Lipinski definition) is 7. The number of fused-ring (bicyclic) bond motifs is 1. The van der Waals surface area contributed by atoms with Crippen LogP contribution in [0.3, 0.4) is 0 Å². The quantitative estimate of drug-likeness (QED) is 0.367. The Morgan fingerprint density at radius 2 is 1.74 bits per heavy atom. The van der Waals surface area contributed by atoms with Crippen LogP contribution in [0.4, 0.5) is 24.5 Å². The van der Waals surface area contributed by atoms with E-state index in [4.69, 9.17) is 16.3 Å². The van der Waals surface area contributed by atoms with E-state index in [1.54, 1.807) is 6.20 Å². The van der Waals surface area contributed by atoms with E-state index >= 15 is 0 Å². The molecular weight excluding hydrogens is 537 g/mol. The maximum absolute atomic E-state index is 14.2. The summed E-state index contributed by atoms with van der Waals surface area (Å²) in [6.45, 7) is 3.92. The van der Waals surface area contributed by atoms with Gasteiger partial charge in [-0.15, -0.1) is 5.10 Å². The highest BCUT2D eigenvalue weighted by Crippen LogP contribution is 2.40. The predicted octanol–water partition coefficient (Wildman–Crippen LogP) is 5.69. The first kappa shape index (κ1) is 28.6. The topological polar surface area (TPSA) is 102 Å². The van der Waals surface area contributed by atoms with Gasteiger partial charge in [-0.3, -0.25) is 9.59 Å². The Balaban J connectivity index is 1.53. The predicted molar refractivity (Wildman–Crippen MR) is 139 cm³/mol. The summed E-state index contributed by atoms with van der Waals surface area (Å²) in [4.78, 5) is 33.9. The Morgan fingerprint density at radius 1 is 1.13 bits per heavy atom. The summed E-state index contributed by atoms with van der Waals surface area (Å²) in [6, 6.07) is 3.64. The van der Waals surface area contributed by atoms with Gasteiger partial charge in [0.2, 0.25) is 11.2 Å². The van der Waals surface area contributed by atoms with E-state index in [-0.39, 0.29) is 28.7 Å². The number of ether oxygens (including phenoxy) is 1. The molecule has 2 aromatic heterocycles. The standard InChI is InChI=1S/C26H30ClF3N6O3/c1-14(2)20-19(13-31-25-33-24(27)34-36(20)25)32-18-11-9-15(10-12-18)21(26(28,29)30)35(3)22(37)16-5-7-17(8-6-16)23(38)39-4/h9-14,16-17,21,32H,5-8H2,1-4H3/t16?,17?,21-/m0/s1. The number of benzene rings is 1. The highest BCUT2D eigenvalue weighted by Gasteiger charge is 2.46. The van der Waals surface area contributed by atoms with Crippen LogP contribution in [0.2, 0.25) is 5.28 Å². The molecule has 9 nitrogen and oxygen atoms in total. The number of halogens is 4. The number of carbonyl (C=O) groups excluding carboxylic acids is 2. The van der Waals surface area contributed by atoms with E-state index in [1.165, 1.54) is 42.9 Å². The first-order valence-corrected chi connectivity index (χ1v) is 13.0. The van der Waals surface area contributed by atoms with Gasteiger partial charge in [0.15, 0.2) is 6.04 Å². The van der Waals surface area contributed by atoms with Crippen molar-refractivity contribution in [3.63, 3.8) is 0 Å². The van der Waals surface area contributed by atoms with Gasteiger partial charge in [-0.2, -0.15) is 22.7 Å². The number of anilines is 2. The van der Waals surface area contributed by atoms with Crippen LogP contribution < -0.4 is 5.32 Å². The minimum Gasteiger partial charge on any atom is -0.469 e. The third kappa shape index (κ3) is 6.10. The molecule has 3 aromatic rings. The van der Waals surface area contributed by atoms with Crippen molar-refractivity contribution in [3.8, 4) is 0 Å². The van der Waals surface area contributed by atoms with Gasteiger partial charge in [0, 0.05) is 18.7 Å². The van der Waals surface area contributed by atoms with Crippen molar-refractivity contribution in [2.24, 2.45) is 11.8 Å². The number of hydrogen-bond donors (Lipinski definition) is 1. The Morgan fingerprint density at radius 3 is 2.31 bits per heavy atom. The summed E-state index contributed by atoms with van der Waals surface area (Å²) in [5.74, 6) is -1.50. The number of nitrogens with one attached hydrogen (secondary N) is 1. The highest BCUT2D eigenvalue weighted by atomic mass is 35.5. The van der Waals surface area contributed by atoms with Crippen LogP contribution in [-0.2, 0) is 14.3 Å². The van der Waals surface area contributed by atoms with Gasteiger partial charge in [0.25, 0.3) is 5.78 Å². The number of amides is 1. The lowest BCUT2D eigenvalue weighted by atomic mass is 9.81. The van der Waals surface area contributed by atoms with Crippen LogP contribution >= 0.6 is 11.6 Å². The number of carbonyl (C=O) groups is 2. The molecule has 0 aliphatic heterocycles. The molecule has 13 heteroatoms. The van der Waals surface area contributed by atoms with Crippen molar-refractivity contribution in [2.45, 2.75) is 57.7 Å². The zero-order chi connectivity index (χ0) is 28.5. The molecule has 0 bridgehead atoms. The van der Waals surface area contributed by atoms with Gasteiger partial charge in [-0.1, -0.05) is 26.0 Å². The van der Waals surface area contributed by atoms with Gasteiger partial charge in [-0.25, -0.2) is 4.98 Å². The third-order valence-electron chi connectivity index (χ3n) is 7.09. The summed E-state index contributed by atoms with van der Waals surface area (Å²) in [5, 5.41) is 7.42. The molecule has 4 rings (SSSR count). The van der Waals surface area contributed by atoms with Crippen molar-refractivity contribution < 1.29 is 27.5 Å². The van der Waals surface area contributed by atoms with Gasteiger partial charge in [0.05, 0.1) is 30.6 Å². The molecule has 1 atom stereocenters. The largest absolute Gasteiger partial charge is 0.469 e. The molecule has 1 N–H and O–H groups in total. The summed E-state index contributed by atoms with van der Waals surface area (Å²) in [6.07, 6.45) is -1.62. The fourth-order valence-corrected chi connectivity index (χ4v) is 5.32. The molecule has 0 radical (unpaired) electrons. The monoisotopic (exact) mass is 566 g/mol. The molecular formula is C26H30ClF3N6O3. The first-order chi connectivity index (χ1) is 18.4. The molecule has 0 unspecified atom stereocenters. The number of aromatic nitrogens is 4. The van der Waals surface area contributed by atoms with Crippen molar-refractivity contribution >= 4 is 40.6 Å². The number of rotatable bonds is 7. The van der Waals surface area contributed by atoms with Gasteiger partial charge >= 0.3 is 12.1 Å². The second kappa shape index (κ2) is 11.4. The van der Waals surface area contributed by atoms with Gasteiger partial charge in [-0.05, 0) is 60.9 Å². The Bertz CT molecular complexity index is 1340. The van der Waals surface area contributed by atoms with Crippen molar-refractivity contribution in [1.82, 2.24) is 24.5 Å². The number of nitrogens with zero attached hydrogens (tertiary/aromatic N) is 5. The normalized spacial score (nSPS) is 18.7. The fraction of sp³-hybridized carbons (Fsp3) is 0.500. The summed E-state index contributed by atoms with van der Waals surface area (Å²) < 4.78 is 49.0. The smallest absolute Gasteiger partial charge is 0.413 e. The summed E-state index contributed by atoms with van der Waals surface area (Å²) >= 11 is 5.94. The molecule has 1 aromatic carbocycles. The first-order valence-electron chi connectivity index (χ1n) is 12.6. The van der Waals surface area contributed by atoms with Crippen molar-refractivity contribution in [1.29, 1.82) is 0 Å². The van der Waals surface area contributed by atoms with E-state index in [1.807, 2.05) is 13.8 Å². The zero-order valence-corrected chi connectivity index (χ0v) is 22.8. The van der Waals surface area contributed by atoms with Crippen LogP contribution in [0, 0.1) is 11.8 Å². The third-order valence-corrected chi connectivity index (χ3v) is 7.25. The molecule has 0 spiro atoms. The highest BCUT2D eigenvalue weighted by molar-refractivity contribution is 6.28. The summed E-state index contributed by atoms with van der Waals surface area (Å²) in [5.41, 5.74) is 1.83. The number of alkyl halides is 3. The van der Waals surface area contributed by atoms with Crippen molar-refractivity contribution in [3.05, 3.63) is 47.0 Å². The Hall–Kier alpha value is -3.41. The zero-order valence-electron chi connectivity index (χ0n) is 22.0. The van der Waals surface area contributed by atoms with E-state index in [0.29, 0.717) is 42.8 Å². The molecule has 39 heavy (non-hydrogen) atoms. The lowest BCUT2D eigenvalue weighted by Gasteiger charge is -2.35. The molecule has 1 aliphatic carbocycles. The van der Waals surface area contributed by atoms with Crippen LogP contribution in [0.1, 0.15) is 62.7 Å². The lowest BCUT2D eigenvalue weighted by molar-refractivity contribution is -0.191. The molecule has 1 fully saturated rings. The van der Waals surface area contributed by atoms with E-state index in [0.717, 1.165) is 10.6 Å². The van der Waals surface area contributed by atoms with Crippen LogP contribution in [0.15, 0.2) is 30.5 Å². The summed E-state index contributed by atoms with van der Waals surface area (Å²) in [7, 11) is 2.48. The molecule has 1 amide bonds. The number of methoxy groups -OCH3 is 1. The molecule has 210 valence electrons. The fourth-order valence-electron chi connectivity index (χ4n) is 5.17. The molecule has 1 saturated carbocycles. The van der Waals surface area contributed by atoms with Crippen LogP contribution in [0.25, 0.3) is 5.78 Å². The van der Waals surface area contributed by atoms with Crippen LogP contribution in [0.5, 0.6) is 0 Å². The van der Waals surface area contributed by atoms with Crippen LogP contribution in [-0.4, -0.2) is 56.7 Å². The molecule has 0 saturated heterocycles. The Labute approximate surface area is 228 Å². The van der Waals surface area contributed by atoms with Crippen molar-refractivity contribution in [2.75, 3.05) is 19.5 Å². The second-order valence-electron chi connectivity index (χ2n) is 10.0. The van der Waals surface area contributed by atoms with E-state index < -0.39 is 24.0 Å². The van der Waals surface area contributed by atoms with Gasteiger partial charge in [0.1, 0.15) is 0 Å². The molecule has 1 aliphatic rings. The molecule has 2 heterocycles. The minimum absolute atomic E-state index is 0.00648. The van der Waals surface area contributed by atoms with Gasteiger partial charge < -0.3 is 15.0 Å². The average molecular weight is 567 g/mol. The average Bonchev–Trinajstić information content (AvgIpc) is 3.27. The maximum Gasteiger partial charge on any atom is 0.413 e. The Kier molecular flexibility index (Phi) is 8.34. The SMILES string of the molecule is COC(=O)C1CCC(C(=O)N(C)[C@@H](c2ccc(Nc3cnc4nc(Cl)nn4c3C(C)C)cc2)C(F)(F)F)CC1. The van der Waals surface area contributed by atoms with E-state index in [2.05, 4.69) is 20.4 Å². The second-order valence-corrected chi connectivity index (χ2v) is 10.4. The minimum atomic E-state index is -4.69. The lowest BCUT2D eigenvalue weighted by Crippen LogP contribution is -2.43. The number of esters is 1. The van der Waals surface area contributed by atoms with E-state index in [9.17, 15) is 22.8 Å². The maximum atomic E-state index is 14.2.